The quantitative estimate of drug-likeness (QED) is 0.937. The fourth-order valence-electron chi connectivity index (χ4n) is 2.34. The number of halogens is 2. The smallest absolute Gasteiger partial charge is 0.339 e. The predicted octanol–water partition coefficient (Wildman–Crippen LogP) is 3.14. The van der Waals surface area contributed by atoms with Crippen molar-refractivity contribution in [2.45, 2.75) is 12.5 Å². The summed E-state index contributed by atoms with van der Waals surface area (Å²) in [6.07, 6.45) is 1.91. The molecule has 0 fully saturated rings. The van der Waals surface area contributed by atoms with Crippen LogP contribution >= 0.6 is 0 Å². The molecular weight excluding hydrogens is 266 g/mol. The van der Waals surface area contributed by atoms with Crippen LogP contribution in [0.25, 0.3) is 6.08 Å². The Labute approximate surface area is 113 Å². The summed E-state index contributed by atoms with van der Waals surface area (Å²) in [7, 11) is 0. The molecule has 102 valence electrons. The molecule has 0 saturated carbocycles. The topological polar surface area (TPSA) is 55.1 Å². The van der Waals surface area contributed by atoms with Gasteiger partial charge in [0.15, 0.2) is 0 Å². The summed E-state index contributed by atoms with van der Waals surface area (Å²) in [5.41, 5.74) is 0.726. The molecular formula is C14H10F2N2O2. The van der Waals surface area contributed by atoms with E-state index in [2.05, 4.69) is 5.10 Å². The van der Waals surface area contributed by atoms with Crippen LogP contribution < -0.4 is 0 Å². The average Bonchev–Trinajstić information content (AvgIpc) is 3.02. The number of benzene rings is 1. The number of aromatic carboxylic acids is 1. The SMILES string of the molecule is O=C(O)c1cn(C2C=Cc3ccccc32)nc1C(F)F. The largest absolute Gasteiger partial charge is 0.478 e. The molecule has 1 N–H and O–H groups in total. The molecule has 1 aromatic heterocycles. The first-order valence-electron chi connectivity index (χ1n) is 5.95. The second-order valence-corrected chi connectivity index (χ2v) is 4.45. The highest BCUT2D eigenvalue weighted by Gasteiger charge is 2.26. The molecule has 2 aromatic rings. The van der Waals surface area contributed by atoms with E-state index >= 15 is 0 Å². The fraction of sp³-hybridized carbons (Fsp3) is 0.143. The van der Waals surface area contributed by atoms with Gasteiger partial charge in [0.05, 0.1) is 6.04 Å². The summed E-state index contributed by atoms with van der Waals surface area (Å²) in [6, 6.07) is 7.14. The van der Waals surface area contributed by atoms with Gasteiger partial charge in [-0.15, -0.1) is 0 Å². The third-order valence-electron chi connectivity index (χ3n) is 3.26. The number of allylic oxidation sites excluding steroid dienone is 1. The molecule has 0 amide bonds. The maximum Gasteiger partial charge on any atom is 0.339 e. The van der Waals surface area contributed by atoms with E-state index in [0.29, 0.717) is 0 Å². The summed E-state index contributed by atoms with van der Waals surface area (Å²) >= 11 is 0. The summed E-state index contributed by atoms with van der Waals surface area (Å²) in [4.78, 5) is 11.0. The molecule has 1 aliphatic rings. The Kier molecular flexibility index (Phi) is 2.85. The van der Waals surface area contributed by atoms with Crippen LogP contribution in [0.15, 0.2) is 36.5 Å². The van der Waals surface area contributed by atoms with E-state index in [-0.39, 0.29) is 6.04 Å². The number of carboxylic acids is 1. The van der Waals surface area contributed by atoms with Crippen molar-refractivity contribution in [3.05, 3.63) is 58.9 Å². The van der Waals surface area contributed by atoms with Crippen molar-refractivity contribution in [2.24, 2.45) is 0 Å². The second kappa shape index (κ2) is 4.56. The molecule has 3 rings (SSSR count). The monoisotopic (exact) mass is 276 g/mol. The number of rotatable bonds is 3. The van der Waals surface area contributed by atoms with Gasteiger partial charge in [0.25, 0.3) is 6.43 Å². The lowest BCUT2D eigenvalue weighted by Crippen LogP contribution is -2.07. The standard InChI is InChI=1S/C14H10F2N2O2/c15-13(16)12-10(14(19)20)7-18(17-12)11-6-5-8-3-1-2-4-9(8)11/h1-7,11,13H,(H,19,20). The maximum atomic E-state index is 12.8. The molecule has 0 aliphatic heterocycles. The van der Waals surface area contributed by atoms with Crippen molar-refractivity contribution in [1.29, 1.82) is 0 Å². The summed E-state index contributed by atoms with van der Waals surface area (Å²) in [5.74, 6) is -1.40. The highest BCUT2D eigenvalue weighted by Crippen LogP contribution is 2.32. The summed E-state index contributed by atoms with van der Waals surface area (Å²) < 4.78 is 26.9. The van der Waals surface area contributed by atoms with E-state index < -0.39 is 23.7 Å². The highest BCUT2D eigenvalue weighted by molar-refractivity contribution is 5.88. The lowest BCUT2D eigenvalue weighted by atomic mass is 10.1. The van der Waals surface area contributed by atoms with Crippen LogP contribution in [-0.2, 0) is 0 Å². The first kappa shape index (κ1) is 12.5. The van der Waals surface area contributed by atoms with Crippen molar-refractivity contribution in [3.8, 4) is 0 Å². The van der Waals surface area contributed by atoms with Crippen LogP contribution in [0, 0.1) is 0 Å². The van der Waals surface area contributed by atoms with E-state index in [0.717, 1.165) is 17.3 Å². The third kappa shape index (κ3) is 1.89. The number of alkyl halides is 2. The predicted molar refractivity (Wildman–Crippen MR) is 67.8 cm³/mol. The van der Waals surface area contributed by atoms with E-state index in [1.54, 1.807) is 6.08 Å². The summed E-state index contributed by atoms with van der Waals surface area (Å²) in [5, 5.41) is 12.7. The molecule has 6 heteroatoms. The average molecular weight is 276 g/mol. The Hall–Kier alpha value is -2.50. The first-order chi connectivity index (χ1) is 9.58. The van der Waals surface area contributed by atoms with Gasteiger partial charge in [-0.2, -0.15) is 5.10 Å². The maximum absolute atomic E-state index is 12.8. The number of aromatic nitrogens is 2. The molecule has 4 nitrogen and oxygen atoms in total. The Morgan fingerprint density at radius 2 is 2.10 bits per heavy atom. The minimum absolute atomic E-state index is 0.350. The fourth-order valence-corrected chi connectivity index (χ4v) is 2.34. The molecule has 0 radical (unpaired) electrons. The van der Waals surface area contributed by atoms with Crippen molar-refractivity contribution in [1.82, 2.24) is 9.78 Å². The highest BCUT2D eigenvalue weighted by atomic mass is 19.3. The Bertz CT molecular complexity index is 707. The van der Waals surface area contributed by atoms with Crippen LogP contribution in [-0.4, -0.2) is 20.9 Å². The van der Waals surface area contributed by atoms with Crippen molar-refractivity contribution < 1.29 is 18.7 Å². The van der Waals surface area contributed by atoms with Crippen LogP contribution in [0.2, 0.25) is 0 Å². The van der Waals surface area contributed by atoms with E-state index in [4.69, 9.17) is 5.11 Å². The Morgan fingerprint density at radius 3 is 2.75 bits per heavy atom. The van der Waals surface area contributed by atoms with Gasteiger partial charge < -0.3 is 5.11 Å². The van der Waals surface area contributed by atoms with Gasteiger partial charge >= 0.3 is 5.97 Å². The minimum atomic E-state index is -2.91. The van der Waals surface area contributed by atoms with Crippen LogP contribution in [0.3, 0.4) is 0 Å². The molecule has 0 spiro atoms. The number of hydrogen-bond donors (Lipinski definition) is 1. The van der Waals surface area contributed by atoms with Crippen molar-refractivity contribution >= 4 is 12.0 Å². The molecule has 0 saturated heterocycles. The second-order valence-electron chi connectivity index (χ2n) is 4.45. The molecule has 20 heavy (non-hydrogen) atoms. The summed E-state index contributed by atoms with van der Waals surface area (Å²) in [6.45, 7) is 0. The normalized spacial score (nSPS) is 16.6. The molecule has 1 unspecified atom stereocenters. The number of fused-ring (bicyclic) bond motifs is 1. The number of carbonyl (C=O) groups is 1. The lowest BCUT2D eigenvalue weighted by Gasteiger charge is -2.11. The van der Waals surface area contributed by atoms with Crippen LogP contribution in [0.5, 0.6) is 0 Å². The van der Waals surface area contributed by atoms with Gasteiger partial charge in [-0.05, 0) is 11.1 Å². The minimum Gasteiger partial charge on any atom is -0.478 e. The van der Waals surface area contributed by atoms with Crippen molar-refractivity contribution in [3.63, 3.8) is 0 Å². The molecule has 1 aromatic carbocycles. The first-order valence-corrected chi connectivity index (χ1v) is 5.95. The van der Waals surface area contributed by atoms with Crippen molar-refractivity contribution in [2.75, 3.05) is 0 Å². The van der Waals surface area contributed by atoms with Gasteiger partial charge in [0, 0.05) is 6.20 Å². The van der Waals surface area contributed by atoms with Crippen LogP contribution in [0.1, 0.15) is 39.6 Å². The number of hydrogen-bond acceptors (Lipinski definition) is 2. The molecule has 0 bridgehead atoms. The van der Waals surface area contributed by atoms with Gasteiger partial charge in [0.2, 0.25) is 0 Å². The molecule has 1 heterocycles. The molecule has 1 aliphatic carbocycles. The Morgan fingerprint density at radius 1 is 1.35 bits per heavy atom. The van der Waals surface area contributed by atoms with E-state index in [1.807, 2.05) is 30.3 Å². The van der Waals surface area contributed by atoms with E-state index in [1.165, 1.54) is 4.68 Å². The number of nitrogens with zero attached hydrogens (tertiary/aromatic N) is 2. The van der Waals surface area contributed by atoms with E-state index in [9.17, 15) is 13.6 Å². The lowest BCUT2D eigenvalue weighted by molar-refractivity contribution is 0.0684. The van der Waals surface area contributed by atoms with Gasteiger partial charge in [0.1, 0.15) is 11.3 Å². The number of carboxylic acid groups (broad SMARTS) is 1. The van der Waals surface area contributed by atoms with Gasteiger partial charge in [-0.25, -0.2) is 13.6 Å². The zero-order valence-corrected chi connectivity index (χ0v) is 10.2. The Balaban J connectivity index is 2.07. The zero-order valence-electron chi connectivity index (χ0n) is 10.2. The van der Waals surface area contributed by atoms with Gasteiger partial charge in [-0.1, -0.05) is 36.4 Å². The van der Waals surface area contributed by atoms with Crippen LogP contribution in [0.4, 0.5) is 8.78 Å². The molecule has 1 atom stereocenters. The zero-order chi connectivity index (χ0) is 14.3. The van der Waals surface area contributed by atoms with Gasteiger partial charge in [-0.3, -0.25) is 4.68 Å². The third-order valence-corrected chi connectivity index (χ3v) is 3.26.